The van der Waals surface area contributed by atoms with Gasteiger partial charge in [0.1, 0.15) is 0 Å². The van der Waals surface area contributed by atoms with Crippen molar-refractivity contribution >= 4 is 0 Å². The summed E-state index contributed by atoms with van der Waals surface area (Å²) in [5, 5.41) is 0. The second-order valence-electron chi connectivity index (χ2n) is 11.2. The zero-order chi connectivity index (χ0) is 23.8. The average molecular weight is 603 g/mol. The molecule has 36 heavy (non-hydrogen) atoms. The van der Waals surface area contributed by atoms with Gasteiger partial charge < -0.3 is 34.6 Å². The van der Waals surface area contributed by atoms with Crippen molar-refractivity contribution in [2.24, 2.45) is 10.8 Å². The van der Waals surface area contributed by atoms with Crippen molar-refractivity contribution in [2.45, 2.75) is 107 Å². The summed E-state index contributed by atoms with van der Waals surface area (Å²) in [7, 11) is 0. The number of likely N-dealkylation sites (tertiary alicyclic amines) is 2. The predicted molar refractivity (Wildman–Crippen MR) is 138 cm³/mol. The van der Waals surface area contributed by atoms with Gasteiger partial charge in [-0.1, -0.05) is 52.4 Å². The molecule has 4 aliphatic rings. The van der Waals surface area contributed by atoms with E-state index in [1.165, 1.54) is 85.3 Å². The van der Waals surface area contributed by atoms with Crippen molar-refractivity contribution < 1.29 is 68.2 Å². The molecule has 2 nitrogen and oxygen atoms in total. The summed E-state index contributed by atoms with van der Waals surface area (Å²) in [5.41, 5.74) is 8.92. The van der Waals surface area contributed by atoms with E-state index in [-0.39, 0.29) is 79.1 Å². The molecule has 0 aromatic heterocycles. The summed E-state index contributed by atoms with van der Waals surface area (Å²) in [5.74, 6) is 0. The predicted octanol–water partition coefficient (Wildman–Crippen LogP) is 1.16. The van der Waals surface area contributed by atoms with Gasteiger partial charge in [-0.25, -0.2) is 11.1 Å². The normalized spacial score (nSPS) is 29.7. The maximum atomic E-state index is 3.71. The van der Waals surface area contributed by atoms with Gasteiger partial charge in [-0.3, -0.25) is 12.2 Å². The third-order valence-corrected chi connectivity index (χ3v) is 9.75. The van der Waals surface area contributed by atoms with Gasteiger partial charge in [0.25, 0.3) is 0 Å². The third-order valence-electron chi connectivity index (χ3n) is 9.75. The maximum absolute atomic E-state index is 3.71. The Morgan fingerprint density at radius 3 is 1.03 bits per heavy atom. The molecule has 0 saturated carbocycles. The smallest absolute Gasteiger partial charge is 1.00 e. The molecule has 200 valence electrons. The fourth-order valence-electron chi connectivity index (χ4n) is 6.32. The van der Waals surface area contributed by atoms with Gasteiger partial charge >= 0.3 is 43.4 Å². The standard InChI is InChI=1S/2C15H24N.2ClH.2Ti/c2*1-11-10-15(5,13(3)12(11)2)14(4)16-8-6-7-9-16;;;;/h2*14H,6-9H2,1-5H3;2*1H;;/q2*-1;;;2*+2/p-2. The van der Waals surface area contributed by atoms with Crippen LogP contribution in [0.2, 0.25) is 0 Å². The second-order valence-corrected chi connectivity index (χ2v) is 11.2. The van der Waals surface area contributed by atoms with Crippen LogP contribution in [-0.4, -0.2) is 48.1 Å². The molecule has 0 aromatic carbocycles. The first-order valence-electron chi connectivity index (χ1n) is 13.0. The Kier molecular flexibility index (Phi) is 16.9. The molecule has 0 aromatic rings. The Labute approximate surface area is 265 Å². The molecule has 2 fully saturated rings. The molecule has 2 heterocycles. The molecule has 0 spiro atoms. The van der Waals surface area contributed by atoms with E-state index in [4.69, 9.17) is 0 Å². The van der Waals surface area contributed by atoms with Gasteiger partial charge in [0, 0.05) is 12.1 Å². The van der Waals surface area contributed by atoms with Crippen LogP contribution >= 0.6 is 0 Å². The first-order chi connectivity index (χ1) is 14.9. The third kappa shape index (κ3) is 7.54. The van der Waals surface area contributed by atoms with E-state index in [0.717, 1.165) is 0 Å². The topological polar surface area (TPSA) is 6.48 Å². The number of allylic oxidation sites excluding steroid dienone is 4. The van der Waals surface area contributed by atoms with Gasteiger partial charge in [-0.15, -0.1) is 13.8 Å². The summed E-state index contributed by atoms with van der Waals surface area (Å²) >= 11 is 0. The van der Waals surface area contributed by atoms with E-state index in [2.05, 4.69) is 91.2 Å². The molecule has 2 aliphatic heterocycles. The molecule has 4 rings (SSSR count). The van der Waals surface area contributed by atoms with E-state index in [0.29, 0.717) is 12.1 Å². The van der Waals surface area contributed by atoms with Gasteiger partial charge in [0.05, 0.1) is 0 Å². The van der Waals surface area contributed by atoms with E-state index < -0.39 is 0 Å². The number of nitrogens with zero attached hydrogens (tertiary/aromatic N) is 2. The molecule has 0 N–H and O–H groups in total. The monoisotopic (exact) mass is 602 g/mol. The van der Waals surface area contributed by atoms with Crippen LogP contribution in [0.25, 0.3) is 0 Å². The Morgan fingerprint density at radius 1 is 0.583 bits per heavy atom. The molecule has 2 saturated heterocycles. The fourth-order valence-corrected chi connectivity index (χ4v) is 6.32. The SMILES string of the molecule is CC1=[C-]C(C)(C(C)N2CCCC2)C(C)=C1C.CC1=[C-]C(C)(C(C)N2CCCC2)C(C)=C1C.[Cl-].[Cl-].[Ti+2].[Ti+2]. The first-order valence-corrected chi connectivity index (χ1v) is 13.0. The van der Waals surface area contributed by atoms with E-state index in [1.807, 2.05) is 0 Å². The van der Waals surface area contributed by atoms with Crippen molar-refractivity contribution in [3.8, 4) is 0 Å². The molecule has 0 bridgehead atoms. The van der Waals surface area contributed by atoms with Crippen LogP contribution in [0, 0.1) is 23.0 Å². The van der Waals surface area contributed by atoms with Crippen LogP contribution in [0.15, 0.2) is 33.4 Å². The first kappa shape index (κ1) is 39.0. The Hall–Kier alpha value is 0.889. The minimum Gasteiger partial charge on any atom is -1.00 e. The van der Waals surface area contributed by atoms with Gasteiger partial charge in [-0.2, -0.15) is 22.3 Å². The van der Waals surface area contributed by atoms with Crippen molar-refractivity contribution in [3.63, 3.8) is 0 Å². The number of hydrogen-bond acceptors (Lipinski definition) is 2. The van der Waals surface area contributed by atoms with Crippen molar-refractivity contribution in [1.29, 1.82) is 0 Å². The Bertz CT molecular complexity index is 781. The van der Waals surface area contributed by atoms with Crippen molar-refractivity contribution in [1.82, 2.24) is 9.80 Å². The summed E-state index contributed by atoms with van der Waals surface area (Å²) in [4.78, 5) is 5.25. The van der Waals surface area contributed by atoms with Crippen LogP contribution in [0.1, 0.15) is 94.9 Å². The Balaban J connectivity index is 0. The molecule has 4 unspecified atom stereocenters. The number of hydrogen-bond donors (Lipinski definition) is 0. The summed E-state index contributed by atoms with van der Waals surface area (Å²) in [6.45, 7) is 27.9. The fraction of sp³-hybridized carbons (Fsp3) is 0.733. The van der Waals surface area contributed by atoms with E-state index in [9.17, 15) is 0 Å². The van der Waals surface area contributed by atoms with Crippen LogP contribution < -0.4 is 24.8 Å². The molecule has 0 radical (unpaired) electrons. The summed E-state index contributed by atoms with van der Waals surface area (Å²) in [6, 6.07) is 1.17. The number of halogens is 2. The van der Waals surface area contributed by atoms with Crippen LogP contribution in [0.4, 0.5) is 0 Å². The van der Waals surface area contributed by atoms with Crippen molar-refractivity contribution in [2.75, 3.05) is 26.2 Å². The quantitative estimate of drug-likeness (QED) is 0.352. The molecule has 2 aliphatic carbocycles. The van der Waals surface area contributed by atoms with Gasteiger partial charge in [-0.05, 0) is 65.7 Å². The van der Waals surface area contributed by atoms with Crippen LogP contribution in [-0.2, 0) is 43.4 Å². The minimum absolute atomic E-state index is 0. The maximum Gasteiger partial charge on any atom is 2.00 e. The molecule has 0 amide bonds. The zero-order valence-electron chi connectivity index (χ0n) is 24.5. The molecule has 4 atom stereocenters. The average Bonchev–Trinajstić information content (AvgIpc) is 3.55. The zero-order valence-corrected chi connectivity index (χ0v) is 29.1. The molecular formula is C30H48Cl2N2Ti2. The molecular weight excluding hydrogens is 555 g/mol. The molecule has 6 heteroatoms. The summed E-state index contributed by atoms with van der Waals surface area (Å²) < 4.78 is 0. The largest absolute Gasteiger partial charge is 2.00 e. The van der Waals surface area contributed by atoms with Gasteiger partial charge in [0.15, 0.2) is 0 Å². The van der Waals surface area contributed by atoms with E-state index >= 15 is 0 Å². The van der Waals surface area contributed by atoms with Crippen molar-refractivity contribution in [3.05, 3.63) is 45.6 Å². The Morgan fingerprint density at radius 2 is 0.833 bits per heavy atom. The van der Waals surface area contributed by atoms with Crippen LogP contribution in [0.3, 0.4) is 0 Å². The summed E-state index contributed by atoms with van der Waals surface area (Å²) in [6.07, 6.45) is 12.9. The second kappa shape index (κ2) is 15.6. The van der Waals surface area contributed by atoms with Crippen LogP contribution in [0.5, 0.6) is 0 Å². The minimum atomic E-state index is 0. The van der Waals surface area contributed by atoms with E-state index in [1.54, 1.807) is 0 Å². The number of rotatable bonds is 4. The van der Waals surface area contributed by atoms with Gasteiger partial charge in [0.2, 0.25) is 0 Å².